The maximum absolute atomic E-state index is 14.7. The lowest BCUT2D eigenvalue weighted by molar-refractivity contribution is -0.137. The number of benzene rings is 2. The van der Waals surface area contributed by atoms with E-state index in [1.54, 1.807) is 23.6 Å². The number of fused-ring (bicyclic) bond motifs is 1. The van der Waals surface area contributed by atoms with Gasteiger partial charge in [-0.1, -0.05) is 32.0 Å². The lowest BCUT2D eigenvalue weighted by Crippen LogP contribution is -2.28. The van der Waals surface area contributed by atoms with Crippen LogP contribution in [0.1, 0.15) is 41.0 Å². The molecule has 2 aromatic heterocycles. The minimum Gasteiger partial charge on any atom is -0.394 e. The summed E-state index contributed by atoms with van der Waals surface area (Å²) in [5, 5.41) is 12.4. The lowest BCUT2D eigenvalue weighted by Gasteiger charge is -2.14. The number of nitrogens with zero attached hydrogens (tertiary/aromatic N) is 2. The van der Waals surface area contributed by atoms with Crippen LogP contribution >= 0.6 is 0 Å². The smallest absolute Gasteiger partial charge is 0.394 e. The molecule has 202 valence electrons. The van der Waals surface area contributed by atoms with Gasteiger partial charge in [0.05, 0.1) is 35.7 Å². The number of hydrogen-bond acceptors (Lipinski definition) is 5. The number of carbonyl (C=O) groups excluding carboxylic acids is 1. The van der Waals surface area contributed by atoms with E-state index in [9.17, 15) is 22.4 Å². The van der Waals surface area contributed by atoms with Crippen molar-refractivity contribution in [3.63, 3.8) is 0 Å². The Morgan fingerprint density at radius 1 is 1.11 bits per heavy atom. The van der Waals surface area contributed by atoms with Crippen molar-refractivity contribution in [2.45, 2.75) is 33.5 Å². The minimum absolute atomic E-state index is 0.0272. The number of hydroxylamine groups is 1. The van der Waals surface area contributed by atoms with Gasteiger partial charge in [0.25, 0.3) is 5.91 Å². The Bertz CT molecular complexity index is 1390. The quantitative estimate of drug-likeness (QED) is 0.148. The zero-order valence-corrected chi connectivity index (χ0v) is 21.1. The van der Waals surface area contributed by atoms with Gasteiger partial charge in [0.2, 0.25) is 0 Å². The fourth-order valence-electron chi connectivity index (χ4n) is 3.77. The summed E-state index contributed by atoms with van der Waals surface area (Å²) >= 11 is 0. The van der Waals surface area contributed by atoms with Crippen LogP contribution in [-0.4, -0.2) is 33.8 Å². The van der Waals surface area contributed by atoms with Crippen molar-refractivity contribution in [3.05, 3.63) is 89.1 Å². The van der Waals surface area contributed by atoms with Crippen LogP contribution < -0.4 is 10.8 Å². The van der Waals surface area contributed by atoms with E-state index in [1.165, 1.54) is 36.7 Å². The summed E-state index contributed by atoms with van der Waals surface area (Å²) in [4.78, 5) is 22.3. The van der Waals surface area contributed by atoms with Gasteiger partial charge in [-0.2, -0.15) is 13.2 Å². The van der Waals surface area contributed by atoms with E-state index < -0.39 is 23.5 Å². The van der Waals surface area contributed by atoms with Gasteiger partial charge in [0, 0.05) is 24.3 Å². The summed E-state index contributed by atoms with van der Waals surface area (Å²) in [7, 11) is 0. The van der Waals surface area contributed by atoms with E-state index in [0.29, 0.717) is 22.0 Å². The molecule has 0 saturated heterocycles. The molecule has 0 radical (unpaired) electrons. The Kier molecular flexibility index (Phi) is 9.43. The molecule has 0 aliphatic rings. The number of amides is 1. The van der Waals surface area contributed by atoms with Crippen LogP contribution in [0, 0.1) is 12.7 Å². The largest absolute Gasteiger partial charge is 0.416 e. The van der Waals surface area contributed by atoms with Crippen molar-refractivity contribution in [1.82, 2.24) is 15.0 Å². The first-order chi connectivity index (χ1) is 18.2. The summed E-state index contributed by atoms with van der Waals surface area (Å²) in [6.07, 6.45) is -1.47. The number of aliphatic hydroxyl groups is 1. The molecule has 0 bridgehead atoms. The van der Waals surface area contributed by atoms with E-state index in [-0.39, 0.29) is 36.8 Å². The van der Waals surface area contributed by atoms with E-state index >= 15 is 0 Å². The molecule has 4 aromatic rings. The first-order valence-electron chi connectivity index (χ1n) is 11.9. The first-order valence-corrected chi connectivity index (χ1v) is 11.9. The Morgan fingerprint density at radius 3 is 2.45 bits per heavy atom. The highest BCUT2D eigenvalue weighted by atomic mass is 19.4. The van der Waals surface area contributed by atoms with Crippen molar-refractivity contribution in [3.8, 4) is 0 Å². The Labute approximate surface area is 217 Å². The van der Waals surface area contributed by atoms with Gasteiger partial charge in [0.1, 0.15) is 11.5 Å². The highest BCUT2D eigenvalue weighted by molar-refractivity contribution is 6.09. The number of rotatable bonds is 8. The highest BCUT2D eigenvalue weighted by Crippen LogP contribution is 2.35. The number of alkyl halides is 3. The molecule has 0 unspecified atom stereocenters. The second kappa shape index (κ2) is 12.5. The molecule has 0 spiro atoms. The Balaban J connectivity index is 0.00000195. The maximum Gasteiger partial charge on any atom is 0.416 e. The van der Waals surface area contributed by atoms with Crippen LogP contribution in [0.25, 0.3) is 10.9 Å². The van der Waals surface area contributed by atoms with E-state index in [0.717, 1.165) is 12.1 Å². The zero-order chi connectivity index (χ0) is 27.9. The third-order valence-electron chi connectivity index (χ3n) is 5.44. The average molecular weight is 533 g/mol. The lowest BCUT2D eigenvalue weighted by atomic mass is 10.1. The molecule has 4 rings (SSSR count). The summed E-state index contributed by atoms with van der Waals surface area (Å²) in [5.41, 5.74) is 3.58. The molecule has 0 fully saturated rings. The average Bonchev–Trinajstić information content (AvgIpc) is 3.20. The van der Waals surface area contributed by atoms with Crippen molar-refractivity contribution in [2.24, 2.45) is 0 Å². The van der Waals surface area contributed by atoms with Crippen LogP contribution in [0.15, 0.2) is 60.9 Å². The first kappa shape index (κ1) is 28.6. The number of aliphatic hydroxyl groups excluding tert-OH is 1. The fraction of sp³-hybridized carbons (Fsp3) is 0.259. The van der Waals surface area contributed by atoms with Crippen molar-refractivity contribution in [2.75, 3.05) is 18.5 Å². The van der Waals surface area contributed by atoms with Gasteiger partial charge in [-0.3, -0.25) is 14.6 Å². The van der Waals surface area contributed by atoms with Gasteiger partial charge in [-0.05, 0) is 48.4 Å². The number of anilines is 2. The summed E-state index contributed by atoms with van der Waals surface area (Å²) in [6, 6.07) is 10.8. The topological polar surface area (TPSA) is 88.4 Å². The molecule has 0 atom stereocenters. The number of nitrogens with one attached hydrogen (secondary N) is 2. The number of aromatic nitrogens is 2. The van der Waals surface area contributed by atoms with Crippen LogP contribution in [-0.2, 0) is 17.6 Å². The van der Waals surface area contributed by atoms with Gasteiger partial charge < -0.3 is 15.0 Å². The van der Waals surface area contributed by atoms with E-state index in [4.69, 9.17) is 9.94 Å². The number of pyridine rings is 1. The Morgan fingerprint density at radius 2 is 1.82 bits per heavy atom. The van der Waals surface area contributed by atoms with Gasteiger partial charge >= 0.3 is 6.18 Å². The second-order valence-corrected chi connectivity index (χ2v) is 8.01. The summed E-state index contributed by atoms with van der Waals surface area (Å²) in [6.45, 7) is 5.27. The van der Waals surface area contributed by atoms with Gasteiger partial charge in [0.15, 0.2) is 0 Å². The minimum atomic E-state index is -4.48. The fourth-order valence-corrected chi connectivity index (χ4v) is 3.77. The SMILES string of the molecule is CC.Cc1ccc(Nc2c(C(=O)NOCCO)n(Cc3ccc(C(F)(F)F)cc3)c3ccncc23)c(F)c1. The molecule has 7 nitrogen and oxygen atoms in total. The normalized spacial score (nSPS) is 11.2. The highest BCUT2D eigenvalue weighted by Gasteiger charge is 2.30. The monoisotopic (exact) mass is 532 g/mol. The third-order valence-corrected chi connectivity index (χ3v) is 5.44. The van der Waals surface area contributed by atoms with Crippen molar-refractivity contribution in [1.29, 1.82) is 0 Å². The molecule has 1 amide bonds. The number of hydrogen-bond donors (Lipinski definition) is 3. The molecule has 2 heterocycles. The molecule has 0 aliphatic carbocycles. The predicted molar refractivity (Wildman–Crippen MR) is 137 cm³/mol. The van der Waals surface area contributed by atoms with Crippen molar-refractivity contribution < 1.29 is 32.3 Å². The van der Waals surface area contributed by atoms with Gasteiger partial charge in [-0.25, -0.2) is 9.87 Å². The standard InChI is InChI=1S/C25H22F4N4O3.C2H6/c1-15-2-7-20(19(26)12-15)31-22-18-13-30-9-8-21(18)33(23(22)24(35)32-36-11-10-34)14-16-3-5-17(6-4-16)25(27,28)29;1-2/h2-9,12-13,31,34H,10-11,14H2,1H3,(H,32,35);1-2H3. The number of carbonyl (C=O) groups is 1. The molecule has 11 heteroatoms. The van der Waals surface area contributed by atoms with Crippen LogP contribution in [0.5, 0.6) is 0 Å². The predicted octanol–water partition coefficient (Wildman–Crippen LogP) is 5.97. The molecular weight excluding hydrogens is 504 g/mol. The molecular formula is C27H28F4N4O3. The Hall–Kier alpha value is -3.96. The van der Waals surface area contributed by atoms with Gasteiger partial charge in [-0.15, -0.1) is 0 Å². The van der Waals surface area contributed by atoms with E-state index in [1.807, 2.05) is 13.8 Å². The molecule has 2 aromatic carbocycles. The van der Waals surface area contributed by atoms with Crippen LogP contribution in [0.4, 0.5) is 28.9 Å². The summed E-state index contributed by atoms with van der Waals surface area (Å²) in [5.74, 6) is -1.24. The number of halogens is 4. The van der Waals surface area contributed by atoms with Crippen molar-refractivity contribution >= 4 is 28.2 Å². The van der Waals surface area contributed by atoms with Crippen LogP contribution in [0.3, 0.4) is 0 Å². The van der Waals surface area contributed by atoms with Crippen LogP contribution in [0.2, 0.25) is 0 Å². The number of aryl methyl sites for hydroxylation is 1. The zero-order valence-electron chi connectivity index (χ0n) is 21.1. The molecule has 0 saturated carbocycles. The third kappa shape index (κ3) is 6.48. The second-order valence-electron chi connectivity index (χ2n) is 8.01. The summed E-state index contributed by atoms with van der Waals surface area (Å²) < 4.78 is 55.3. The molecule has 38 heavy (non-hydrogen) atoms. The van der Waals surface area contributed by atoms with E-state index in [2.05, 4.69) is 15.8 Å². The maximum atomic E-state index is 14.7. The molecule has 0 aliphatic heterocycles. The molecule has 3 N–H and O–H groups in total.